The lowest BCUT2D eigenvalue weighted by molar-refractivity contribution is 0.0875. The Kier molecular flexibility index (Phi) is 3.49. The van der Waals surface area contributed by atoms with Gasteiger partial charge in [0.05, 0.1) is 13.2 Å². The summed E-state index contributed by atoms with van der Waals surface area (Å²) in [5.74, 6) is 1.80. The highest BCUT2D eigenvalue weighted by Gasteiger charge is 2.31. The van der Waals surface area contributed by atoms with Gasteiger partial charge in [-0.15, -0.1) is 0 Å². The summed E-state index contributed by atoms with van der Waals surface area (Å²) in [5, 5.41) is 10.4. The van der Waals surface area contributed by atoms with Gasteiger partial charge in [-0.2, -0.15) is 0 Å². The van der Waals surface area contributed by atoms with E-state index in [-0.39, 0.29) is 6.10 Å². The molecule has 0 aliphatic heterocycles. The Morgan fingerprint density at radius 1 is 1.31 bits per heavy atom. The van der Waals surface area contributed by atoms with Gasteiger partial charge in [-0.25, -0.2) is 0 Å². The molecule has 0 spiro atoms. The van der Waals surface area contributed by atoms with E-state index in [4.69, 9.17) is 4.74 Å². The Morgan fingerprint density at radius 2 is 2.06 bits per heavy atom. The standard InChI is InChI=1S/C14H20O2/c1-10-6-5-8-11(10)14(15)12-7-3-4-9-13(12)16-2/h3-4,7,9-11,14-15H,5-6,8H2,1-2H3. The van der Waals surface area contributed by atoms with Gasteiger partial charge in [0.1, 0.15) is 5.75 Å². The maximum Gasteiger partial charge on any atom is 0.124 e. The van der Waals surface area contributed by atoms with Crippen LogP contribution in [0, 0.1) is 11.8 Å². The number of para-hydroxylation sites is 1. The Morgan fingerprint density at radius 3 is 2.69 bits per heavy atom. The molecule has 0 saturated heterocycles. The number of aliphatic hydroxyl groups is 1. The number of rotatable bonds is 3. The highest BCUT2D eigenvalue weighted by atomic mass is 16.5. The van der Waals surface area contributed by atoms with Gasteiger partial charge < -0.3 is 9.84 Å². The third-order valence-corrected chi connectivity index (χ3v) is 3.79. The van der Waals surface area contributed by atoms with Crippen molar-refractivity contribution in [1.82, 2.24) is 0 Å². The molecule has 16 heavy (non-hydrogen) atoms. The smallest absolute Gasteiger partial charge is 0.124 e. The molecule has 2 heteroatoms. The minimum Gasteiger partial charge on any atom is -0.496 e. The zero-order valence-electron chi connectivity index (χ0n) is 10.0. The van der Waals surface area contributed by atoms with E-state index in [1.54, 1.807) is 7.11 Å². The van der Waals surface area contributed by atoms with Crippen LogP contribution in [0.25, 0.3) is 0 Å². The fourth-order valence-corrected chi connectivity index (χ4v) is 2.78. The second-order valence-corrected chi connectivity index (χ2v) is 4.76. The monoisotopic (exact) mass is 220 g/mol. The molecule has 3 unspecified atom stereocenters. The molecule has 2 nitrogen and oxygen atoms in total. The summed E-state index contributed by atoms with van der Waals surface area (Å²) in [6.07, 6.45) is 3.21. The summed E-state index contributed by atoms with van der Waals surface area (Å²) >= 11 is 0. The third-order valence-electron chi connectivity index (χ3n) is 3.79. The van der Waals surface area contributed by atoms with E-state index >= 15 is 0 Å². The predicted octanol–water partition coefficient (Wildman–Crippen LogP) is 3.16. The highest BCUT2D eigenvalue weighted by Crippen LogP contribution is 2.42. The first-order chi connectivity index (χ1) is 7.74. The van der Waals surface area contributed by atoms with E-state index in [1.807, 2.05) is 24.3 Å². The van der Waals surface area contributed by atoms with Gasteiger partial charge in [-0.1, -0.05) is 38.0 Å². The lowest BCUT2D eigenvalue weighted by Crippen LogP contribution is -2.15. The van der Waals surface area contributed by atoms with Crippen LogP contribution >= 0.6 is 0 Å². The number of methoxy groups -OCH3 is 1. The lowest BCUT2D eigenvalue weighted by atomic mass is 9.88. The zero-order valence-corrected chi connectivity index (χ0v) is 10.0. The topological polar surface area (TPSA) is 29.5 Å². The van der Waals surface area contributed by atoms with Crippen molar-refractivity contribution in [2.45, 2.75) is 32.3 Å². The molecule has 0 aromatic heterocycles. The van der Waals surface area contributed by atoms with Crippen molar-refractivity contribution in [3.05, 3.63) is 29.8 Å². The fourth-order valence-electron chi connectivity index (χ4n) is 2.78. The fraction of sp³-hybridized carbons (Fsp3) is 0.571. The molecule has 1 aliphatic rings. The molecule has 1 fully saturated rings. The molecule has 0 heterocycles. The predicted molar refractivity (Wildman–Crippen MR) is 64.5 cm³/mol. The molecule has 2 rings (SSSR count). The van der Waals surface area contributed by atoms with Gasteiger partial charge in [-0.05, 0) is 24.3 Å². The lowest BCUT2D eigenvalue weighted by Gasteiger charge is -2.23. The van der Waals surface area contributed by atoms with Crippen molar-refractivity contribution in [1.29, 1.82) is 0 Å². The number of hydrogen-bond acceptors (Lipinski definition) is 2. The summed E-state index contributed by atoms with van der Waals surface area (Å²) in [4.78, 5) is 0. The van der Waals surface area contributed by atoms with Gasteiger partial charge in [-0.3, -0.25) is 0 Å². The van der Waals surface area contributed by atoms with E-state index in [0.29, 0.717) is 11.8 Å². The third kappa shape index (κ3) is 2.07. The van der Waals surface area contributed by atoms with Crippen LogP contribution in [0.1, 0.15) is 37.9 Å². The maximum atomic E-state index is 10.4. The van der Waals surface area contributed by atoms with E-state index < -0.39 is 0 Å². The van der Waals surface area contributed by atoms with Crippen LogP contribution in [-0.2, 0) is 0 Å². The molecule has 1 N–H and O–H groups in total. The van der Waals surface area contributed by atoms with Crippen LogP contribution in [0.15, 0.2) is 24.3 Å². The first-order valence-electron chi connectivity index (χ1n) is 6.05. The molecular formula is C14H20O2. The van der Waals surface area contributed by atoms with E-state index in [9.17, 15) is 5.11 Å². The Bertz CT molecular complexity index is 348. The molecule has 88 valence electrons. The summed E-state index contributed by atoms with van der Waals surface area (Å²) in [7, 11) is 1.66. The second-order valence-electron chi connectivity index (χ2n) is 4.76. The maximum absolute atomic E-state index is 10.4. The van der Waals surface area contributed by atoms with Gasteiger partial charge in [0, 0.05) is 5.56 Å². The molecule has 0 amide bonds. The van der Waals surface area contributed by atoms with Crippen molar-refractivity contribution in [3.63, 3.8) is 0 Å². The average Bonchev–Trinajstić information content (AvgIpc) is 2.74. The van der Waals surface area contributed by atoms with Crippen LogP contribution in [0.4, 0.5) is 0 Å². The number of hydrogen-bond donors (Lipinski definition) is 1. The summed E-state index contributed by atoms with van der Waals surface area (Å²) in [6.45, 7) is 2.23. The Balaban J connectivity index is 2.22. The van der Waals surface area contributed by atoms with Gasteiger partial charge in [0.2, 0.25) is 0 Å². The van der Waals surface area contributed by atoms with Crippen molar-refractivity contribution < 1.29 is 9.84 Å². The molecule has 0 radical (unpaired) electrons. The molecular weight excluding hydrogens is 200 g/mol. The minimum absolute atomic E-state index is 0.381. The van der Waals surface area contributed by atoms with Crippen molar-refractivity contribution >= 4 is 0 Å². The van der Waals surface area contributed by atoms with E-state index in [2.05, 4.69) is 6.92 Å². The molecule has 1 aromatic carbocycles. The van der Waals surface area contributed by atoms with E-state index in [1.165, 1.54) is 12.8 Å². The summed E-state index contributed by atoms with van der Waals surface area (Å²) in [5.41, 5.74) is 0.934. The molecule has 3 atom stereocenters. The average molecular weight is 220 g/mol. The van der Waals surface area contributed by atoms with E-state index in [0.717, 1.165) is 17.7 Å². The van der Waals surface area contributed by atoms with Gasteiger partial charge in [0.15, 0.2) is 0 Å². The SMILES string of the molecule is COc1ccccc1C(O)C1CCCC1C. The number of aliphatic hydroxyl groups excluding tert-OH is 1. The molecule has 0 bridgehead atoms. The zero-order chi connectivity index (χ0) is 11.5. The quantitative estimate of drug-likeness (QED) is 0.847. The Hall–Kier alpha value is -1.02. The van der Waals surface area contributed by atoms with Crippen molar-refractivity contribution in [2.24, 2.45) is 11.8 Å². The Labute approximate surface area is 97.3 Å². The van der Waals surface area contributed by atoms with Gasteiger partial charge in [0.25, 0.3) is 0 Å². The normalized spacial score (nSPS) is 26.7. The molecule has 1 aliphatic carbocycles. The largest absolute Gasteiger partial charge is 0.496 e. The second kappa shape index (κ2) is 4.88. The highest BCUT2D eigenvalue weighted by molar-refractivity contribution is 5.35. The van der Waals surface area contributed by atoms with Gasteiger partial charge >= 0.3 is 0 Å². The minimum atomic E-state index is -0.381. The van der Waals surface area contributed by atoms with Crippen LogP contribution < -0.4 is 4.74 Å². The molecule has 1 aromatic rings. The van der Waals surface area contributed by atoms with Crippen LogP contribution in [0.3, 0.4) is 0 Å². The number of ether oxygens (including phenoxy) is 1. The van der Waals surface area contributed by atoms with Crippen molar-refractivity contribution in [3.8, 4) is 5.75 Å². The van der Waals surface area contributed by atoms with Crippen molar-refractivity contribution in [2.75, 3.05) is 7.11 Å². The first-order valence-corrected chi connectivity index (χ1v) is 6.05. The van der Waals surface area contributed by atoms with Crippen LogP contribution in [0.2, 0.25) is 0 Å². The van der Waals surface area contributed by atoms with Crippen LogP contribution in [-0.4, -0.2) is 12.2 Å². The van der Waals surface area contributed by atoms with Crippen LogP contribution in [0.5, 0.6) is 5.75 Å². The first kappa shape index (κ1) is 11.5. The molecule has 1 saturated carbocycles. The summed E-state index contributed by atoms with van der Waals surface area (Å²) < 4.78 is 5.30. The number of benzene rings is 1. The summed E-state index contributed by atoms with van der Waals surface area (Å²) in [6, 6.07) is 7.78.